The van der Waals surface area contributed by atoms with Crippen molar-refractivity contribution in [2.24, 2.45) is 0 Å². The zero-order chi connectivity index (χ0) is 36.3. The quantitative estimate of drug-likeness (QED) is 0.0950. The van der Waals surface area contributed by atoms with Gasteiger partial charge in [0.1, 0.15) is 11.5 Å². The fourth-order valence-corrected chi connectivity index (χ4v) is 6.49. The topological polar surface area (TPSA) is 72.4 Å². The van der Waals surface area contributed by atoms with Crippen LogP contribution in [0, 0.1) is 0 Å². The molecule has 8 heteroatoms. The summed E-state index contributed by atoms with van der Waals surface area (Å²) in [6.45, 7) is 3.41. The van der Waals surface area contributed by atoms with E-state index in [-0.39, 0.29) is 0 Å². The number of aromatic nitrogens is 4. The second-order valence-corrected chi connectivity index (χ2v) is 15.5. The predicted molar refractivity (Wildman–Crippen MR) is 214 cm³/mol. The van der Waals surface area contributed by atoms with E-state index in [1.54, 1.807) is 0 Å². The van der Waals surface area contributed by atoms with Crippen molar-refractivity contribution in [2.45, 2.75) is 12.8 Å². The van der Waals surface area contributed by atoms with Crippen LogP contribution >= 0.6 is 0 Å². The molecular formula is C44H48N6O2. The van der Waals surface area contributed by atoms with Crippen molar-refractivity contribution in [1.29, 1.82) is 0 Å². The van der Waals surface area contributed by atoms with Crippen molar-refractivity contribution in [3.05, 3.63) is 108 Å². The molecule has 0 atom stereocenters. The molecule has 8 bridgehead atoms. The first kappa shape index (κ1) is 35.0. The lowest BCUT2D eigenvalue weighted by atomic mass is 10.0. The number of hydrogen-bond acceptors (Lipinski definition) is 4. The molecule has 8 nitrogen and oxygen atoms in total. The molecule has 5 heterocycles. The SMILES string of the molecule is C[N+](C)(C)CCCOc1cccc(-c2c3nc(cc4ccc([n-]4)c(-c4cccc(OCCC[N+](C)(C)C)c4)c4nc(cc5ccc2[n-]5)C=C4)C=C3)c1. The molecule has 2 aliphatic rings. The number of ether oxygens (including phenoxy) is 2. The summed E-state index contributed by atoms with van der Waals surface area (Å²) >= 11 is 0. The average molecular weight is 693 g/mol. The summed E-state index contributed by atoms with van der Waals surface area (Å²) in [5, 5.41) is 0. The molecule has 0 radical (unpaired) electrons. The molecule has 266 valence electrons. The largest absolute Gasteiger partial charge is 0.657 e. The van der Waals surface area contributed by atoms with E-state index in [9.17, 15) is 0 Å². The molecule has 0 saturated carbocycles. The van der Waals surface area contributed by atoms with E-state index in [0.717, 1.165) is 113 Å². The van der Waals surface area contributed by atoms with Gasteiger partial charge >= 0.3 is 0 Å². The van der Waals surface area contributed by atoms with Gasteiger partial charge in [0.15, 0.2) is 0 Å². The first-order valence-corrected chi connectivity index (χ1v) is 18.0. The van der Waals surface area contributed by atoms with Crippen LogP contribution in [0.2, 0.25) is 0 Å². The average Bonchev–Trinajstić information content (AvgIpc) is 3.92. The van der Waals surface area contributed by atoms with Gasteiger partial charge in [-0.15, -0.1) is 22.1 Å². The van der Waals surface area contributed by atoms with Crippen LogP contribution in [-0.2, 0) is 0 Å². The second-order valence-electron chi connectivity index (χ2n) is 15.5. The Labute approximate surface area is 306 Å². The minimum Gasteiger partial charge on any atom is -0.657 e. The van der Waals surface area contributed by atoms with E-state index in [4.69, 9.17) is 29.4 Å². The van der Waals surface area contributed by atoms with Crippen LogP contribution in [0.5, 0.6) is 11.5 Å². The summed E-state index contributed by atoms with van der Waals surface area (Å²) < 4.78 is 14.2. The molecule has 52 heavy (non-hydrogen) atoms. The lowest BCUT2D eigenvalue weighted by Crippen LogP contribution is -2.36. The van der Waals surface area contributed by atoms with Crippen LogP contribution in [-0.4, -0.2) is 87.5 Å². The molecular weight excluding hydrogens is 645 g/mol. The Balaban J connectivity index is 1.30. The summed E-state index contributed by atoms with van der Waals surface area (Å²) in [6.07, 6.45) is 10.1. The molecule has 2 aliphatic heterocycles. The number of quaternary nitrogens is 2. The molecule has 5 aromatic rings. The highest BCUT2D eigenvalue weighted by atomic mass is 16.5. The van der Waals surface area contributed by atoms with Crippen molar-refractivity contribution in [1.82, 2.24) is 19.9 Å². The molecule has 0 saturated heterocycles. The monoisotopic (exact) mass is 692 g/mol. The lowest BCUT2D eigenvalue weighted by Gasteiger charge is -2.23. The smallest absolute Gasteiger partial charge is 0.119 e. The van der Waals surface area contributed by atoms with E-state index >= 15 is 0 Å². The summed E-state index contributed by atoms with van der Waals surface area (Å²) in [7, 11) is 13.2. The number of rotatable bonds is 12. The van der Waals surface area contributed by atoms with Crippen LogP contribution in [0.3, 0.4) is 0 Å². The van der Waals surface area contributed by atoms with E-state index in [1.165, 1.54) is 0 Å². The summed E-state index contributed by atoms with van der Waals surface area (Å²) in [6, 6.07) is 28.7. The standard InChI is InChI=1S/C44H48N6O2/c1-49(2,3)23-9-25-51-37-13-7-11-31(27-37)43-39-19-15-33(45-39)29-35-17-21-41(47-35)44(42-22-18-36(48-42)30-34-16-20-40(43)46-34)32-12-8-14-38(28-32)52-26-10-24-50(4,5)6/h7-8,11-22,27-30H,9-10,23-26H2,1-6H3. The number of nitrogens with zero attached hydrogens (tertiary/aromatic N) is 6. The molecule has 0 amide bonds. The highest BCUT2D eigenvalue weighted by Crippen LogP contribution is 2.34. The first-order chi connectivity index (χ1) is 25.0. The maximum atomic E-state index is 6.21. The fraction of sp³-hybridized carbons (Fsp3) is 0.273. The molecule has 0 spiro atoms. The second kappa shape index (κ2) is 14.7. The number of hydrogen-bond donors (Lipinski definition) is 0. The molecule has 0 aliphatic carbocycles. The van der Waals surface area contributed by atoms with Crippen LogP contribution < -0.4 is 19.4 Å². The van der Waals surface area contributed by atoms with E-state index in [2.05, 4.69) is 90.8 Å². The van der Waals surface area contributed by atoms with Crippen molar-refractivity contribution < 1.29 is 18.4 Å². The Morgan fingerprint density at radius 3 is 1.38 bits per heavy atom. The maximum Gasteiger partial charge on any atom is 0.119 e. The van der Waals surface area contributed by atoms with Gasteiger partial charge in [-0.2, -0.15) is 0 Å². The highest BCUT2D eigenvalue weighted by Gasteiger charge is 2.12. The zero-order valence-corrected chi connectivity index (χ0v) is 31.1. The minimum absolute atomic E-state index is 0.661. The summed E-state index contributed by atoms with van der Waals surface area (Å²) in [4.78, 5) is 20.3. The zero-order valence-electron chi connectivity index (χ0n) is 31.1. The third-order valence-corrected chi connectivity index (χ3v) is 8.99. The van der Waals surface area contributed by atoms with Crippen molar-refractivity contribution >= 4 is 46.4 Å². The van der Waals surface area contributed by atoms with E-state index < -0.39 is 0 Å². The highest BCUT2D eigenvalue weighted by molar-refractivity contribution is 5.93. The number of benzene rings is 2. The van der Waals surface area contributed by atoms with Gasteiger partial charge in [0.05, 0.1) is 91.4 Å². The van der Waals surface area contributed by atoms with Gasteiger partial charge in [0, 0.05) is 12.8 Å². The Morgan fingerprint density at radius 2 is 0.962 bits per heavy atom. The third-order valence-electron chi connectivity index (χ3n) is 8.99. The summed E-state index contributed by atoms with van der Waals surface area (Å²) in [5.41, 5.74) is 10.6. The van der Waals surface area contributed by atoms with Crippen molar-refractivity contribution in [3.63, 3.8) is 0 Å². The summed E-state index contributed by atoms with van der Waals surface area (Å²) in [5.74, 6) is 1.67. The van der Waals surface area contributed by atoms with Crippen LogP contribution in [0.1, 0.15) is 35.6 Å². The van der Waals surface area contributed by atoms with Gasteiger partial charge in [-0.05, 0) is 70.8 Å². The Bertz CT molecular complexity index is 2140. The van der Waals surface area contributed by atoms with Gasteiger partial charge in [-0.25, -0.2) is 9.97 Å². The maximum absolute atomic E-state index is 6.21. The van der Waals surface area contributed by atoms with Gasteiger partial charge in [0.2, 0.25) is 0 Å². The van der Waals surface area contributed by atoms with Gasteiger partial charge < -0.3 is 28.4 Å². The van der Waals surface area contributed by atoms with Crippen LogP contribution in [0.25, 0.3) is 68.6 Å². The van der Waals surface area contributed by atoms with Gasteiger partial charge in [0.25, 0.3) is 0 Å². The Kier molecular flexibility index (Phi) is 9.86. The first-order valence-electron chi connectivity index (χ1n) is 18.0. The number of fused-ring (bicyclic) bond motifs is 8. The predicted octanol–water partition coefficient (Wildman–Crippen LogP) is 8.20. The van der Waals surface area contributed by atoms with Crippen molar-refractivity contribution in [3.8, 4) is 33.8 Å². The van der Waals surface area contributed by atoms with Crippen molar-refractivity contribution in [2.75, 3.05) is 68.6 Å². The lowest BCUT2D eigenvalue weighted by molar-refractivity contribution is -0.870. The normalized spacial score (nSPS) is 12.7. The van der Waals surface area contributed by atoms with Gasteiger partial charge in [-0.1, -0.05) is 60.7 Å². The van der Waals surface area contributed by atoms with Crippen LogP contribution in [0.15, 0.2) is 84.9 Å². The fourth-order valence-electron chi connectivity index (χ4n) is 6.49. The molecule has 0 unspecified atom stereocenters. The van der Waals surface area contributed by atoms with E-state index in [1.807, 2.05) is 60.7 Å². The third kappa shape index (κ3) is 8.70. The molecule has 0 fully saturated rings. The van der Waals surface area contributed by atoms with Crippen LogP contribution in [0.4, 0.5) is 0 Å². The Hall–Kier alpha value is -5.44. The molecule has 0 N–H and O–H groups in total. The molecule has 2 aromatic carbocycles. The van der Waals surface area contributed by atoms with Gasteiger partial charge in [-0.3, -0.25) is 0 Å². The molecule has 3 aromatic heterocycles. The minimum atomic E-state index is 0.661. The Morgan fingerprint density at radius 1 is 0.519 bits per heavy atom. The molecule has 7 rings (SSSR count). The van der Waals surface area contributed by atoms with E-state index in [0.29, 0.717) is 13.2 Å².